The second kappa shape index (κ2) is 42.8. The third-order valence-electron chi connectivity index (χ3n) is 11.4. The van der Waals surface area contributed by atoms with Crippen LogP contribution in [-0.4, -0.2) is 156 Å². The van der Waals surface area contributed by atoms with Crippen molar-refractivity contribution in [1.29, 1.82) is 5.26 Å². The number of nitriles is 1. The molecule has 1 aromatic heterocycles. The molecule has 0 atom stereocenters. The molecule has 6 rings (SSSR count). The fourth-order valence-corrected chi connectivity index (χ4v) is 8.61. The number of pyridine rings is 1. The smallest absolute Gasteiger partial charge is 0.269 e. The number of nitro benzene ring substituents is 2. The molecule has 448 valence electrons. The van der Waals surface area contributed by atoms with Gasteiger partial charge in [0.1, 0.15) is 9.84 Å². The zero-order chi connectivity index (χ0) is 61.3. The summed E-state index contributed by atoms with van der Waals surface area (Å²) in [6, 6.07) is 33.8. The second-order valence-corrected chi connectivity index (χ2v) is 23.7. The van der Waals surface area contributed by atoms with Gasteiger partial charge in [0.25, 0.3) is 11.4 Å². The molecule has 5 aromatic rings. The van der Waals surface area contributed by atoms with E-state index < -0.39 is 29.5 Å². The molecule has 1 aliphatic carbocycles. The summed E-state index contributed by atoms with van der Waals surface area (Å²) in [5, 5.41) is 29.6. The van der Waals surface area contributed by atoms with Crippen molar-refractivity contribution in [3.8, 4) is 6.07 Å². The van der Waals surface area contributed by atoms with Gasteiger partial charge in [0.2, 0.25) is 0 Å². The van der Waals surface area contributed by atoms with Crippen molar-refractivity contribution in [2.24, 2.45) is 0 Å². The second-order valence-electron chi connectivity index (χ2n) is 18.4. The van der Waals surface area contributed by atoms with Gasteiger partial charge in [-0.1, -0.05) is 71.8 Å². The van der Waals surface area contributed by atoms with E-state index in [1.165, 1.54) is 72.6 Å². The number of nitrogens with zero attached hydrogens (tertiary/aromatic N) is 4. The molecule has 0 radical (unpaired) electrons. The summed E-state index contributed by atoms with van der Waals surface area (Å²) in [5.74, 6) is 1.11. The van der Waals surface area contributed by atoms with Crippen LogP contribution in [0.5, 0.6) is 0 Å². The number of fused-ring (bicyclic) bond motifs is 1. The van der Waals surface area contributed by atoms with E-state index in [1.807, 2.05) is 39.0 Å². The van der Waals surface area contributed by atoms with Gasteiger partial charge in [-0.2, -0.15) is 17.0 Å². The highest BCUT2D eigenvalue weighted by Crippen LogP contribution is 2.32. The molecule has 0 saturated heterocycles. The van der Waals surface area contributed by atoms with Gasteiger partial charge < -0.3 is 33.2 Å². The summed E-state index contributed by atoms with van der Waals surface area (Å²) in [4.78, 5) is 24.8. The van der Waals surface area contributed by atoms with Crippen LogP contribution >= 0.6 is 11.8 Å². The fourth-order valence-electron chi connectivity index (χ4n) is 6.63. The minimum absolute atomic E-state index is 0.0172. The zero-order valence-electron chi connectivity index (χ0n) is 49.2. The fraction of sp³-hybridized carbons (Fsp3) is 0.458. The molecule has 0 N–H and O–H groups in total. The first-order valence-corrected chi connectivity index (χ1v) is 30.5. The van der Waals surface area contributed by atoms with E-state index in [9.17, 15) is 37.1 Å². The Morgan fingerprint density at radius 2 is 1.19 bits per heavy atom. The van der Waals surface area contributed by atoms with Crippen molar-refractivity contribution in [3.05, 3.63) is 181 Å². The molecule has 0 bridgehead atoms. The Balaban J connectivity index is 0.000000963. The predicted octanol–water partition coefficient (Wildman–Crippen LogP) is 10.6. The number of methoxy groups -OCH3 is 7. The molecule has 0 unspecified atom stereocenters. The molecule has 4 aromatic carbocycles. The quantitative estimate of drug-likeness (QED) is 0.0334. The number of allylic oxidation sites excluding steroid dienone is 1. The number of aryl methyl sites for hydroxylation is 1. The summed E-state index contributed by atoms with van der Waals surface area (Å²) in [7, 11) is 5.34. The predicted molar refractivity (Wildman–Crippen MR) is 323 cm³/mol. The maximum absolute atomic E-state index is 11.6. The molecule has 0 spiro atoms. The van der Waals surface area contributed by atoms with E-state index >= 15 is 0 Å². The lowest BCUT2D eigenvalue weighted by Crippen LogP contribution is -2.20. The maximum atomic E-state index is 11.6. The van der Waals surface area contributed by atoms with Gasteiger partial charge in [0, 0.05) is 104 Å². The normalized spacial score (nSPS) is 11.4. The van der Waals surface area contributed by atoms with E-state index in [-0.39, 0.29) is 41.0 Å². The van der Waals surface area contributed by atoms with Crippen molar-refractivity contribution in [2.45, 2.75) is 63.4 Å². The first-order valence-electron chi connectivity index (χ1n) is 25.4. The summed E-state index contributed by atoms with van der Waals surface area (Å²) < 4.78 is 78.2. The van der Waals surface area contributed by atoms with Crippen LogP contribution in [0.2, 0.25) is 0 Å². The third-order valence-corrected chi connectivity index (χ3v) is 14.6. The van der Waals surface area contributed by atoms with Crippen LogP contribution in [0.15, 0.2) is 132 Å². The lowest BCUT2D eigenvalue weighted by Gasteiger charge is -2.17. The molecule has 19 nitrogen and oxygen atoms in total. The Morgan fingerprint density at radius 1 is 0.679 bits per heavy atom. The highest BCUT2D eigenvalue weighted by molar-refractivity contribution is 7.98. The van der Waals surface area contributed by atoms with Gasteiger partial charge in [0.05, 0.1) is 84.0 Å². The van der Waals surface area contributed by atoms with E-state index in [0.29, 0.717) is 24.5 Å². The lowest BCUT2D eigenvalue weighted by atomic mass is 9.92. The minimum Gasteiger partial charge on any atom is -0.384 e. The van der Waals surface area contributed by atoms with Crippen LogP contribution in [0.4, 0.5) is 11.4 Å². The van der Waals surface area contributed by atoms with Crippen LogP contribution in [0.3, 0.4) is 0 Å². The molecule has 0 saturated carbocycles. The van der Waals surface area contributed by atoms with Crippen LogP contribution in [0.25, 0.3) is 5.57 Å². The Labute approximate surface area is 485 Å². The lowest BCUT2D eigenvalue weighted by molar-refractivity contribution is -0.385. The van der Waals surface area contributed by atoms with Crippen LogP contribution < -0.4 is 0 Å². The molecule has 0 amide bonds. The van der Waals surface area contributed by atoms with E-state index in [1.54, 1.807) is 108 Å². The standard InChI is InChI=1S/C15H14N2O5.C12H14O.C10H14O3S.C8H11NO.C6H11NO.C4H10O3S.C4H10OS/c1-22-10-15(11-2-6-13(7-3-11)16(18)19)12-4-8-14(9-5-12)17(20)21;1-9-7-10-5-3-4-6-11(10)12(9)8-13-2;1-9-3-5-10(6-4-9)14(11,12)8-7-13-2;1-10-7-4-8-2-5-9-6-3-8;1-6(2,8-3)4-5-7;1-7-3-4-8(2,5)6;1-5-3-4-6-2/h2-9,15H,10H2,1H3;3-6H,7-8H2,1-2H3;3-6H,7-8H2,1-2H3;2-3,5-6H,4,7H2,1H3;4H2,1-3H3;3-4H2,1-2H3;3-4H2,1-2H3. The van der Waals surface area contributed by atoms with Crippen LogP contribution in [0, 0.1) is 38.5 Å². The Hall–Kier alpha value is -5.97. The topological polar surface area (TPSA) is 256 Å². The monoisotopic (exact) mass is 1180 g/mol. The summed E-state index contributed by atoms with van der Waals surface area (Å²) in [6.45, 7) is 11.2. The van der Waals surface area contributed by atoms with Crippen molar-refractivity contribution < 1.29 is 59.8 Å². The highest BCUT2D eigenvalue weighted by atomic mass is 32.2. The molecule has 0 aliphatic heterocycles. The van der Waals surface area contributed by atoms with E-state index in [2.05, 4.69) is 47.2 Å². The van der Waals surface area contributed by atoms with Crippen molar-refractivity contribution >= 4 is 48.4 Å². The van der Waals surface area contributed by atoms with Gasteiger partial charge >= 0.3 is 0 Å². The molecule has 1 aliphatic rings. The van der Waals surface area contributed by atoms with Gasteiger partial charge in [-0.25, -0.2) is 16.8 Å². The molecule has 81 heavy (non-hydrogen) atoms. The number of non-ortho nitro benzene ring substituents is 2. The first-order chi connectivity index (χ1) is 38.4. The average molecular weight is 1190 g/mol. The molecule has 22 heteroatoms. The van der Waals surface area contributed by atoms with Gasteiger partial charge in [-0.15, -0.1) is 0 Å². The Kier molecular flexibility index (Phi) is 39.7. The van der Waals surface area contributed by atoms with Crippen LogP contribution in [0.1, 0.15) is 66.5 Å². The number of nitro groups is 2. The molecule has 1 heterocycles. The van der Waals surface area contributed by atoms with Crippen molar-refractivity contribution in [1.82, 2.24) is 4.98 Å². The largest absolute Gasteiger partial charge is 0.384 e. The number of aromatic nitrogens is 1. The first kappa shape index (κ1) is 75.0. The van der Waals surface area contributed by atoms with Crippen molar-refractivity contribution in [3.63, 3.8) is 0 Å². The number of rotatable bonds is 23. The SMILES string of the molecule is COC(C)(C)CC#N.COCC(c1ccc([N+](=O)[O-])cc1)c1ccc([N+](=O)[O-])cc1.COCC1=C(C)Cc2ccccc21.COCCS(=O)(=O)c1ccc(C)cc1.COCCS(C)(=O)=O.COCCSC.COCCc1ccncc1. The Morgan fingerprint density at radius 3 is 1.58 bits per heavy atom. The van der Waals surface area contributed by atoms with Gasteiger partial charge in [-0.3, -0.25) is 25.2 Å². The molecular formula is C59H84N4O15S3. The zero-order valence-corrected chi connectivity index (χ0v) is 51.7. The van der Waals surface area contributed by atoms with Gasteiger partial charge in [-0.05, 0) is 104 Å². The number of thioether (sulfide) groups is 1. The highest BCUT2D eigenvalue weighted by Gasteiger charge is 2.19. The summed E-state index contributed by atoms with van der Waals surface area (Å²) >= 11 is 1.80. The number of ether oxygens (including phenoxy) is 7. The summed E-state index contributed by atoms with van der Waals surface area (Å²) in [5.41, 5.74) is 9.42. The number of hydrogen-bond acceptors (Lipinski definition) is 18. The van der Waals surface area contributed by atoms with Gasteiger partial charge in [0.15, 0.2) is 9.84 Å². The van der Waals surface area contributed by atoms with Crippen molar-refractivity contribution in [2.75, 3.05) is 119 Å². The molecule has 0 fully saturated rings. The number of sulfone groups is 2. The van der Waals surface area contributed by atoms with Crippen LogP contribution in [-0.2, 0) is 65.7 Å². The van der Waals surface area contributed by atoms with E-state index in [4.69, 9.17) is 33.7 Å². The average Bonchev–Trinajstić information content (AvgIpc) is 3.88. The van der Waals surface area contributed by atoms with E-state index in [0.717, 1.165) is 55.1 Å². The Bertz CT molecular complexity index is 2750. The maximum Gasteiger partial charge on any atom is 0.269 e. The summed E-state index contributed by atoms with van der Waals surface area (Å²) in [6.07, 6.45) is 9.36. The molecular weight excluding hydrogens is 1100 g/mol. The third kappa shape index (κ3) is 33.5. The number of benzene rings is 4. The number of hydrogen-bond donors (Lipinski definition) is 0. The minimum atomic E-state index is -3.16.